The van der Waals surface area contributed by atoms with Crippen molar-refractivity contribution >= 4 is 17.5 Å². The monoisotopic (exact) mass is 322 g/mol. The zero-order valence-electron chi connectivity index (χ0n) is 13.8. The molecule has 0 spiro atoms. The summed E-state index contributed by atoms with van der Waals surface area (Å²) in [4.78, 5) is 15.1. The minimum Gasteiger partial charge on any atom is -0.342 e. The lowest BCUT2D eigenvalue weighted by molar-refractivity contribution is -0.135. The normalized spacial score (nSPS) is 21.7. The largest absolute Gasteiger partial charge is 0.342 e. The number of benzene rings is 1. The molecule has 3 unspecified atom stereocenters. The van der Waals surface area contributed by atoms with Crippen molar-refractivity contribution in [2.75, 3.05) is 13.1 Å². The molecule has 3 atom stereocenters. The van der Waals surface area contributed by atoms with Crippen molar-refractivity contribution in [3.05, 3.63) is 34.9 Å². The number of hydrogen-bond acceptors (Lipinski definition) is 2. The van der Waals surface area contributed by atoms with Gasteiger partial charge in [-0.05, 0) is 49.3 Å². The number of hydrogen-bond donors (Lipinski definition) is 1. The Labute approximate surface area is 138 Å². The molecule has 0 bridgehead atoms. The number of halogens is 1. The number of nitrogens with two attached hydrogens (primary N) is 1. The molecule has 22 heavy (non-hydrogen) atoms. The fraction of sp³-hybridized carbons (Fsp3) is 0.611. The van der Waals surface area contributed by atoms with E-state index in [1.165, 1.54) is 0 Å². The van der Waals surface area contributed by atoms with Crippen LogP contribution in [0.2, 0.25) is 5.02 Å². The van der Waals surface area contributed by atoms with Crippen LogP contribution in [0.5, 0.6) is 0 Å². The van der Waals surface area contributed by atoms with Gasteiger partial charge in [0, 0.05) is 24.2 Å². The number of amides is 1. The average molecular weight is 323 g/mol. The van der Waals surface area contributed by atoms with Crippen LogP contribution in [0.25, 0.3) is 0 Å². The van der Waals surface area contributed by atoms with Crippen molar-refractivity contribution < 1.29 is 4.79 Å². The van der Waals surface area contributed by atoms with Crippen LogP contribution in [0.4, 0.5) is 0 Å². The number of piperidine rings is 1. The predicted molar refractivity (Wildman–Crippen MR) is 92.0 cm³/mol. The summed E-state index contributed by atoms with van der Waals surface area (Å²) in [5, 5.41) is 0.683. The number of carbonyl (C=O) groups is 1. The highest BCUT2D eigenvalue weighted by atomic mass is 35.5. The smallest absolute Gasteiger partial charge is 0.230 e. The van der Waals surface area contributed by atoms with Crippen LogP contribution in [0.3, 0.4) is 0 Å². The molecule has 1 amide bonds. The summed E-state index contributed by atoms with van der Waals surface area (Å²) in [7, 11) is 0. The van der Waals surface area contributed by atoms with Crippen LogP contribution in [0.15, 0.2) is 24.3 Å². The molecule has 122 valence electrons. The highest BCUT2D eigenvalue weighted by Crippen LogP contribution is 2.30. The molecule has 2 N–H and O–H groups in total. The average Bonchev–Trinajstić information content (AvgIpc) is 2.47. The second-order valence-corrected chi connectivity index (χ2v) is 7.26. The van der Waals surface area contributed by atoms with Crippen molar-refractivity contribution in [2.24, 2.45) is 17.6 Å². The molecule has 1 aromatic rings. The van der Waals surface area contributed by atoms with E-state index in [2.05, 4.69) is 13.8 Å². The first kappa shape index (κ1) is 17.3. The Bertz CT molecular complexity index is 516. The Morgan fingerprint density at radius 1 is 1.36 bits per heavy atom. The Morgan fingerprint density at radius 2 is 2.09 bits per heavy atom. The van der Waals surface area contributed by atoms with Gasteiger partial charge in [0.05, 0.1) is 5.92 Å². The standard InChI is InChI=1S/C18H27ClN2O/c1-12(2)17(14-6-4-8-16(19)10-14)18(22)21-9-5-7-15(11-21)13(3)20/h4,6,8,10,12-13,15,17H,5,7,9,11,20H2,1-3H3. The van der Waals surface area contributed by atoms with E-state index in [9.17, 15) is 4.79 Å². The van der Waals surface area contributed by atoms with Gasteiger partial charge >= 0.3 is 0 Å². The lowest BCUT2D eigenvalue weighted by Crippen LogP contribution is -2.47. The number of nitrogens with zero attached hydrogens (tertiary/aromatic N) is 1. The fourth-order valence-corrected chi connectivity index (χ4v) is 3.55. The van der Waals surface area contributed by atoms with Gasteiger partial charge in [0.15, 0.2) is 0 Å². The molecule has 1 fully saturated rings. The summed E-state index contributed by atoms with van der Waals surface area (Å²) in [6, 6.07) is 7.82. The third kappa shape index (κ3) is 4.02. The van der Waals surface area contributed by atoms with Gasteiger partial charge in [0.25, 0.3) is 0 Å². The molecule has 0 aromatic heterocycles. The molecule has 1 aromatic carbocycles. The molecule has 2 rings (SSSR count). The van der Waals surface area contributed by atoms with E-state index >= 15 is 0 Å². The Kier molecular flexibility index (Phi) is 5.87. The highest BCUT2D eigenvalue weighted by Gasteiger charge is 2.32. The molecular weight excluding hydrogens is 296 g/mol. The van der Waals surface area contributed by atoms with Gasteiger partial charge in [0.1, 0.15) is 0 Å². The zero-order chi connectivity index (χ0) is 16.3. The second kappa shape index (κ2) is 7.47. The molecule has 1 heterocycles. The molecule has 0 aliphatic carbocycles. The first-order chi connectivity index (χ1) is 10.4. The Balaban J connectivity index is 2.20. The van der Waals surface area contributed by atoms with Crippen LogP contribution < -0.4 is 5.73 Å². The lowest BCUT2D eigenvalue weighted by Gasteiger charge is -2.37. The first-order valence-corrected chi connectivity index (χ1v) is 8.57. The summed E-state index contributed by atoms with van der Waals surface area (Å²) in [6.45, 7) is 7.84. The van der Waals surface area contributed by atoms with Crippen LogP contribution in [0.1, 0.15) is 45.1 Å². The third-order valence-corrected chi connectivity index (χ3v) is 4.89. The molecule has 1 aliphatic rings. The van der Waals surface area contributed by atoms with Crippen LogP contribution >= 0.6 is 11.6 Å². The van der Waals surface area contributed by atoms with Gasteiger partial charge in [-0.1, -0.05) is 37.6 Å². The third-order valence-electron chi connectivity index (χ3n) is 4.65. The van der Waals surface area contributed by atoms with Gasteiger partial charge in [-0.2, -0.15) is 0 Å². The number of likely N-dealkylation sites (tertiary alicyclic amines) is 1. The molecule has 4 heteroatoms. The first-order valence-electron chi connectivity index (χ1n) is 8.20. The maximum Gasteiger partial charge on any atom is 0.230 e. The minimum atomic E-state index is -0.134. The van der Waals surface area contributed by atoms with Crippen molar-refractivity contribution in [2.45, 2.75) is 45.6 Å². The van der Waals surface area contributed by atoms with Crippen molar-refractivity contribution in [1.29, 1.82) is 0 Å². The molecule has 0 radical (unpaired) electrons. The van der Waals surface area contributed by atoms with Gasteiger partial charge in [0.2, 0.25) is 5.91 Å². The molecule has 1 aliphatic heterocycles. The van der Waals surface area contributed by atoms with Crippen molar-refractivity contribution in [3.8, 4) is 0 Å². The quantitative estimate of drug-likeness (QED) is 0.919. The molecule has 1 saturated heterocycles. The van der Waals surface area contributed by atoms with E-state index in [0.717, 1.165) is 31.5 Å². The van der Waals surface area contributed by atoms with E-state index in [4.69, 9.17) is 17.3 Å². The van der Waals surface area contributed by atoms with Crippen molar-refractivity contribution in [3.63, 3.8) is 0 Å². The van der Waals surface area contributed by atoms with Crippen LogP contribution in [-0.2, 0) is 4.79 Å². The van der Waals surface area contributed by atoms with E-state index in [1.54, 1.807) is 0 Å². The molecule has 0 saturated carbocycles. The van der Waals surface area contributed by atoms with Gasteiger partial charge in [-0.3, -0.25) is 4.79 Å². The van der Waals surface area contributed by atoms with Crippen LogP contribution in [-0.4, -0.2) is 29.9 Å². The highest BCUT2D eigenvalue weighted by molar-refractivity contribution is 6.30. The maximum absolute atomic E-state index is 13.1. The predicted octanol–water partition coefficient (Wildman–Crippen LogP) is 3.67. The van der Waals surface area contributed by atoms with Gasteiger partial charge in [-0.25, -0.2) is 0 Å². The summed E-state index contributed by atoms with van der Waals surface area (Å²) < 4.78 is 0. The SMILES string of the molecule is CC(C)C(C(=O)N1CCCC(C(C)N)C1)c1cccc(Cl)c1. The summed E-state index contributed by atoms with van der Waals surface area (Å²) in [5.41, 5.74) is 7.05. The van der Waals surface area contributed by atoms with E-state index < -0.39 is 0 Å². The Hall–Kier alpha value is -1.06. The van der Waals surface area contributed by atoms with Gasteiger partial charge < -0.3 is 10.6 Å². The summed E-state index contributed by atoms with van der Waals surface area (Å²) in [5.74, 6) is 0.722. The Morgan fingerprint density at radius 3 is 2.68 bits per heavy atom. The summed E-state index contributed by atoms with van der Waals surface area (Å²) >= 11 is 6.11. The molecule has 3 nitrogen and oxygen atoms in total. The van der Waals surface area contributed by atoms with E-state index in [-0.39, 0.29) is 23.8 Å². The number of rotatable bonds is 4. The lowest BCUT2D eigenvalue weighted by atomic mass is 9.85. The second-order valence-electron chi connectivity index (χ2n) is 6.82. The van der Waals surface area contributed by atoms with Gasteiger partial charge in [-0.15, -0.1) is 0 Å². The fourth-order valence-electron chi connectivity index (χ4n) is 3.35. The maximum atomic E-state index is 13.1. The molecular formula is C18H27ClN2O. The minimum absolute atomic E-state index is 0.134. The van der Waals surface area contributed by atoms with E-state index in [1.807, 2.05) is 36.1 Å². The number of carbonyl (C=O) groups excluding carboxylic acids is 1. The van der Waals surface area contributed by atoms with E-state index in [0.29, 0.717) is 10.9 Å². The van der Waals surface area contributed by atoms with Crippen molar-refractivity contribution in [1.82, 2.24) is 4.90 Å². The topological polar surface area (TPSA) is 46.3 Å². The van der Waals surface area contributed by atoms with Crippen LogP contribution in [0, 0.1) is 11.8 Å². The zero-order valence-corrected chi connectivity index (χ0v) is 14.5. The summed E-state index contributed by atoms with van der Waals surface area (Å²) in [6.07, 6.45) is 2.16.